The van der Waals surface area contributed by atoms with Crippen LogP contribution in [0.1, 0.15) is 22.5 Å². The summed E-state index contributed by atoms with van der Waals surface area (Å²) in [7, 11) is 0. The number of halogens is 2. The summed E-state index contributed by atoms with van der Waals surface area (Å²) >= 11 is 2.57. The number of thiophene rings is 1. The van der Waals surface area contributed by atoms with Crippen molar-refractivity contribution in [1.29, 1.82) is 0 Å². The van der Waals surface area contributed by atoms with Crippen LogP contribution in [0.25, 0.3) is 11.3 Å². The Balaban J connectivity index is 1.35. The zero-order valence-electron chi connectivity index (χ0n) is 15.2. The molecule has 3 heterocycles. The minimum atomic E-state index is -0.572. The smallest absolute Gasteiger partial charge is 0.263 e. The van der Waals surface area contributed by atoms with Gasteiger partial charge in [-0.2, -0.15) is 0 Å². The largest absolute Gasteiger partial charge is 0.338 e. The van der Waals surface area contributed by atoms with Gasteiger partial charge in [-0.3, -0.25) is 9.59 Å². The minimum Gasteiger partial charge on any atom is -0.338 e. The predicted octanol–water partition coefficient (Wildman–Crippen LogP) is 4.64. The molecule has 2 aromatic heterocycles. The lowest BCUT2D eigenvalue weighted by molar-refractivity contribution is -0.121. The van der Waals surface area contributed by atoms with Crippen LogP contribution in [0.15, 0.2) is 41.1 Å². The van der Waals surface area contributed by atoms with Crippen LogP contribution in [0, 0.1) is 17.6 Å². The highest BCUT2D eigenvalue weighted by Crippen LogP contribution is 2.29. The fraction of sp³-hybridized carbons (Fsp3) is 0.250. The van der Waals surface area contributed by atoms with Crippen molar-refractivity contribution in [2.45, 2.75) is 12.8 Å². The van der Waals surface area contributed by atoms with Gasteiger partial charge in [0.1, 0.15) is 11.6 Å². The number of rotatable bonds is 4. The molecule has 150 valence electrons. The van der Waals surface area contributed by atoms with Gasteiger partial charge in [0.15, 0.2) is 5.13 Å². The molecule has 0 radical (unpaired) electrons. The number of likely N-dealkylation sites (tertiary alicyclic amines) is 1. The molecule has 0 bridgehead atoms. The summed E-state index contributed by atoms with van der Waals surface area (Å²) in [4.78, 5) is 31.6. The van der Waals surface area contributed by atoms with E-state index in [4.69, 9.17) is 0 Å². The Kier molecular flexibility index (Phi) is 5.68. The molecule has 0 saturated carbocycles. The van der Waals surface area contributed by atoms with E-state index >= 15 is 0 Å². The Morgan fingerprint density at radius 1 is 1.14 bits per heavy atom. The van der Waals surface area contributed by atoms with Crippen molar-refractivity contribution in [2.75, 3.05) is 18.4 Å². The van der Waals surface area contributed by atoms with Crippen molar-refractivity contribution in [3.8, 4) is 11.3 Å². The Morgan fingerprint density at radius 3 is 2.66 bits per heavy atom. The molecule has 1 N–H and O–H groups in total. The van der Waals surface area contributed by atoms with Crippen LogP contribution in [0.3, 0.4) is 0 Å². The van der Waals surface area contributed by atoms with Crippen molar-refractivity contribution in [2.24, 2.45) is 5.92 Å². The molecule has 1 aromatic carbocycles. The first-order chi connectivity index (χ1) is 14.0. The van der Waals surface area contributed by atoms with Gasteiger partial charge in [-0.1, -0.05) is 6.07 Å². The highest BCUT2D eigenvalue weighted by molar-refractivity contribution is 7.14. The van der Waals surface area contributed by atoms with Crippen molar-refractivity contribution in [3.63, 3.8) is 0 Å². The number of hydrogen-bond acceptors (Lipinski definition) is 5. The van der Waals surface area contributed by atoms with Gasteiger partial charge in [-0.15, -0.1) is 22.7 Å². The molecule has 3 aromatic rings. The first-order valence-electron chi connectivity index (χ1n) is 9.06. The molecule has 0 spiro atoms. The molecule has 1 fully saturated rings. The Hall–Kier alpha value is -2.65. The Labute approximate surface area is 174 Å². The summed E-state index contributed by atoms with van der Waals surface area (Å²) < 4.78 is 27.3. The van der Waals surface area contributed by atoms with E-state index in [9.17, 15) is 18.4 Å². The van der Waals surface area contributed by atoms with Gasteiger partial charge in [0.05, 0.1) is 10.6 Å². The summed E-state index contributed by atoms with van der Waals surface area (Å²) in [5.74, 6) is -1.52. The third-order valence-electron chi connectivity index (χ3n) is 4.82. The van der Waals surface area contributed by atoms with Gasteiger partial charge in [-0.05, 0) is 42.5 Å². The van der Waals surface area contributed by atoms with Crippen LogP contribution >= 0.6 is 22.7 Å². The molecule has 1 aliphatic heterocycles. The molecule has 0 aliphatic carbocycles. The molecular formula is C20H17F2N3O2S2. The average molecular weight is 434 g/mol. The minimum absolute atomic E-state index is 0.000503. The van der Waals surface area contributed by atoms with Crippen molar-refractivity contribution < 1.29 is 18.4 Å². The zero-order chi connectivity index (χ0) is 20.4. The van der Waals surface area contributed by atoms with Crippen molar-refractivity contribution >= 4 is 39.6 Å². The third-order valence-corrected chi connectivity index (χ3v) is 6.44. The maximum absolute atomic E-state index is 13.9. The summed E-state index contributed by atoms with van der Waals surface area (Å²) in [6, 6.07) is 6.82. The lowest BCUT2D eigenvalue weighted by Crippen LogP contribution is -2.41. The van der Waals surface area contributed by atoms with Crippen LogP contribution < -0.4 is 5.32 Å². The first-order valence-corrected chi connectivity index (χ1v) is 10.8. The molecule has 0 unspecified atom stereocenters. The number of carbonyl (C=O) groups is 2. The van der Waals surface area contributed by atoms with E-state index in [2.05, 4.69) is 10.3 Å². The highest BCUT2D eigenvalue weighted by Gasteiger charge is 2.28. The zero-order valence-corrected chi connectivity index (χ0v) is 16.9. The third kappa shape index (κ3) is 4.35. The van der Waals surface area contributed by atoms with Gasteiger partial charge in [-0.25, -0.2) is 13.8 Å². The molecule has 29 heavy (non-hydrogen) atoms. The molecular weight excluding hydrogens is 416 g/mol. The number of hydrogen-bond donors (Lipinski definition) is 1. The van der Waals surface area contributed by atoms with Gasteiger partial charge in [0, 0.05) is 30.0 Å². The monoisotopic (exact) mass is 433 g/mol. The normalized spacial score (nSPS) is 14.8. The number of piperidine rings is 1. The van der Waals surface area contributed by atoms with Crippen LogP contribution in [0.5, 0.6) is 0 Å². The number of amides is 2. The van der Waals surface area contributed by atoms with E-state index in [0.717, 1.165) is 29.5 Å². The quantitative estimate of drug-likeness (QED) is 0.652. The Bertz CT molecular complexity index is 1030. The number of carbonyl (C=O) groups excluding carboxylic acids is 2. The summed E-state index contributed by atoms with van der Waals surface area (Å²) in [5, 5.41) is 6.54. The SMILES string of the molecule is O=C(Nc1nc(-c2cc(F)ccc2F)cs1)C1CCN(C(=O)c2cccs2)CC1. The van der Waals surface area contributed by atoms with Gasteiger partial charge < -0.3 is 10.2 Å². The number of aromatic nitrogens is 1. The Morgan fingerprint density at radius 2 is 1.93 bits per heavy atom. The number of thiazole rings is 1. The average Bonchev–Trinajstić information content (AvgIpc) is 3.42. The number of anilines is 1. The lowest BCUT2D eigenvalue weighted by atomic mass is 9.96. The standard InChI is InChI=1S/C20H17F2N3O2S2/c21-13-3-4-15(22)14(10-13)16-11-29-20(23-16)24-18(26)12-5-7-25(8-6-12)19(27)17-2-1-9-28-17/h1-4,9-12H,5-8H2,(H,23,24,26). The molecule has 1 aliphatic rings. The van der Waals surface area contributed by atoms with E-state index in [1.165, 1.54) is 11.3 Å². The second kappa shape index (κ2) is 8.38. The molecule has 9 heteroatoms. The fourth-order valence-corrected chi connectivity index (χ4v) is 4.66. The number of nitrogens with one attached hydrogen (secondary N) is 1. The van der Waals surface area contributed by atoms with E-state index < -0.39 is 11.6 Å². The fourth-order valence-electron chi connectivity index (χ4n) is 3.26. The predicted molar refractivity (Wildman–Crippen MR) is 109 cm³/mol. The van der Waals surface area contributed by atoms with E-state index in [1.807, 2.05) is 11.4 Å². The maximum Gasteiger partial charge on any atom is 0.263 e. The van der Waals surface area contributed by atoms with Crippen molar-refractivity contribution in [3.05, 3.63) is 57.6 Å². The topological polar surface area (TPSA) is 62.3 Å². The van der Waals surface area contributed by atoms with E-state index in [-0.39, 0.29) is 29.0 Å². The summed E-state index contributed by atoms with van der Waals surface area (Å²) in [6.07, 6.45) is 1.14. The van der Waals surface area contributed by atoms with Crippen LogP contribution in [0.4, 0.5) is 13.9 Å². The van der Waals surface area contributed by atoms with Gasteiger partial charge in [0.2, 0.25) is 5.91 Å². The van der Waals surface area contributed by atoms with Gasteiger partial charge in [0.25, 0.3) is 5.91 Å². The second-order valence-electron chi connectivity index (χ2n) is 6.70. The van der Waals surface area contributed by atoms with Crippen LogP contribution in [-0.2, 0) is 4.79 Å². The van der Waals surface area contributed by atoms with Crippen molar-refractivity contribution in [1.82, 2.24) is 9.88 Å². The molecule has 0 atom stereocenters. The second-order valence-corrected chi connectivity index (χ2v) is 8.50. The molecule has 5 nitrogen and oxygen atoms in total. The summed E-state index contributed by atoms with van der Waals surface area (Å²) in [6.45, 7) is 1.04. The number of nitrogens with zero attached hydrogens (tertiary/aromatic N) is 2. The maximum atomic E-state index is 13.9. The van der Waals surface area contributed by atoms with Crippen LogP contribution in [0.2, 0.25) is 0 Å². The molecule has 4 rings (SSSR count). The van der Waals surface area contributed by atoms with Crippen LogP contribution in [-0.4, -0.2) is 34.8 Å². The lowest BCUT2D eigenvalue weighted by Gasteiger charge is -2.30. The molecule has 1 saturated heterocycles. The van der Waals surface area contributed by atoms with Gasteiger partial charge >= 0.3 is 0 Å². The number of benzene rings is 1. The van der Waals surface area contributed by atoms with E-state index in [1.54, 1.807) is 16.3 Å². The molecule has 2 amide bonds. The first kappa shape index (κ1) is 19.7. The highest BCUT2D eigenvalue weighted by atomic mass is 32.1. The van der Waals surface area contributed by atoms with E-state index in [0.29, 0.717) is 35.9 Å². The summed E-state index contributed by atoms with van der Waals surface area (Å²) in [5.41, 5.74) is 0.334.